The Balaban J connectivity index is 2.85. The van der Waals surface area contributed by atoms with Crippen LogP contribution in [0.2, 0.25) is 0 Å². The van der Waals surface area contributed by atoms with Gasteiger partial charge in [-0.05, 0) is 24.4 Å². The van der Waals surface area contributed by atoms with Gasteiger partial charge in [0.25, 0.3) is 0 Å². The Kier molecular flexibility index (Phi) is 6.79. The molecular weight excluding hydrogens is 332 g/mol. The average Bonchev–Trinajstić information content (AvgIpc) is 2.84. The molecule has 1 rings (SSSR count). The Hall–Kier alpha value is -0.480. The molecular formula is C12H22N2O4S3. The summed E-state index contributed by atoms with van der Waals surface area (Å²) in [5.74, 6) is -0.184. The summed E-state index contributed by atoms with van der Waals surface area (Å²) in [6.07, 6.45) is 2.07. The number of sulfone groups is 1. The molecule has 0 aliphatic carbocycles. The number of nitrogens with one attached hydrogen (secondary N) is 1. The Morgan fingerprint density at radius 1 is 1.29 bits per heavy atom. The number of rotatable bonds is 9. The smallest absolute Gasteiger partial charge is 0.244 e. The van der Waals surface area contributed by atoms with Gasteiger partial charge in [0, 0.05) is 31.3 Å². The molecule has 0 atom stereocenters. The van der Waals surface area contributed by atoms with Crippen LogP contribution in [0.4, 0.5) is 0 Å². The fraction of sp³-hybridized carbons (Fsp3) is 0.667. The highest BCUT2D eigenvalue weighted by atomic mass is 32.2. The monoisotopic (exact) mass is 354 g/mol. The lowest BCUT2D eigenvalue weighted by atomic mass is 10.4. The van der Waals surface area contributed by atoms with Gasteiger partial charge in [0.2, 0.25) is 10.0 Å². The predicted octanol–water partition coefficient (Wildman–Crippen LogP) is 0.913. The fourth-order valence-electron chi connectivity index (χ4n) is 1.65. The van der Waals surface area contributed by atoms with Crippen LogP contribution >= 0.6 is 11.3 Å². The van der Waals surface area contributed by atoms with Crippen LogP contribution in [0.1, 0.15) is 18.2 Å². The SMILES string of the molecule is CCCNCc1sccc1S(=O)(=O)N(C)CCS(C)(=O)=O. The summed E-state index contributed by atoms with van der Waals surface area (Å²) in [5, 5.41) is 4.91. The molecule has 0 saturated heterocycles. The maximum Gasteiger partial charge on any atom is 0.244 e. The molecule has 1 aromatic rings. The molecule has 0 spiro atoms. The first kappa shape index (κ1) is 18.6. The Morgan fingerprint density at radius 3 is 2.52 bits per heavy atom. The standard InChI is InChI=1S/C12H22N2O4S3/c1-4-6-13-10-11-12(5-8-19-11)21(17,18)14(2)7-9-20(3,15)16/h5,8,13H,4,6-7,9-10H2,1-3H3. The van der Waals surface area contributed by atoms with Gasteiger partial charge in [0.1, 0.15) is 9.84 Å². The lowest BCUT2D eigenvalue weighted by Crippen LogP contribution is -2.32. The molecule has 21 heavy (non-hydrogen) atoms. The fourth-order valence-corrected chi connectivity index (χ4v) is 4.92. The molecule has 0 saturated carbocycles. The van der Waals surface area contributed by atoms with E-state index in [1.165, 1.54) is 18.4 Å². The topological polar surface area (TPSA) is 83.6 Å². The first-order chi connectivity index (χ1) is 9.68. The van der Waals surface area contributed by atoms with Gasteiger partial charge in [-0.1, -0.05) is 6.92 Å². The van der Waals surface area contributed by atoms with Gasteiger partial charge < -0.3 is 5.32 Å². The van der Waals surface area contributed by atoms with Crippen LogP contribution in [-0.4, -0.2) is 53.3 Å². The molecule has 9 heteroatoms. The van der Waals surface area contributed by atoms with Crippen molar-refractivity contribution in [3.05, 3.63) is 16.3 Å². The lowest BCUT2D eigenvalue weighted by molar-refractivity contribution is 0.484. The second-order valence-electron chi connectivity index (χ2n) is 4.84. The minimum atomic E-state index is -3.65. The Labute approximate surface area is 131 Å². The van der Waals surface area contributed by atoms with E-state index in [1.54, 1.807) is 11.4 Å². The third kappa shape index (κ3) is 5.67. The number of hydrogen-bond donors (Lipinski definition) is 1. The highest BCUT2D eigenvalue weighted by Gasteiger charge is 2.25. The molecule has 0 aliphatic rings. The minimum absolute atomic E-state index is 0.0428. The van der Waals surface area contributed by atoms with Crippen LogP contribution in [0.5, 0.6) is 0 Å². The maximum atomic E-state index is 12.5. The van der Waals surface area contributed by atoms with Crippen molar-refractivity contribution < 1.29 is 16.8 Å². The maximum absolute atomic E-state index is 12.5. The van der Waals surface area contributed by atoms with E-state index in [9.17, 15) is 16.8 Å². The van der Waals surface area contributed by atoms with Crippen molar-refractivity contribution in [3.63, 3.8) is 0 Å². The van der Waals surface area contributed by atoms with Crippen LogP contribution in [0.15, 0.2) is 16.3 Å². The van der Waals surface area contributed by atoms with E-state index in [4.69, 9.17) is 0 Å². The van der Waals surface area contributed by atoms with Crippen molar-refractivity contribution >= 4 is 31.2 Å². The van der Waals surface area contributed by atoms with E-state index in [0.29, 0.717) is 6.54 Å². The average molecular weight is 355 g/mol. The summed E-state index contributed by atoms with van der Waals surface area (Å²) < 4.78 is 48.4. The van der Waals surface area contributed by atoms with Crippen LogP contribution in [0.3, 0.4) is 0 Å². The van der Waals surface area contributed by atoms with Crippen LogP contribution in [-0.2, 0) is 26.4 Å². The number of hydrogen-bond acceptors (Lipinski definition) is 6. The zero-order valence-corrected chi connectivity index (χ0v) is 14.9. The van der Waals surface area contributed by atoms with Gasteiger partial charge in [-0.15, -0.1) is 11.3 Å². The van der Waals surface area contributed by atoms with Gasteiger partial charge in [0.15, 0.2) is 0 Å². The van der Waals surface area contributed by atoms with E-state index >= 15 is 0 Å². The molecule has 0 fully saturated rings. The molecule has 1 heterocycles. The molecule has 1 aromatic heterocycles. The second-order valence-corrected chi connectivity index (χ2v) is 10.1. The summed E-state index contributed by atoms with van der Waals surface area (Å²) in [6, 6.07) is 1.57. The van der Waals surface area contributed by atoms with Crippen molar-refractivity contribution in [1.82, 2.24) is 9.62 Å². The first-order valence-electron chi connectivity index (χ1n) is 6.59. The minimum Gasteiger partial charge on any atom is -0.312 e. The normalized spacial score (nSPS) is 13.0. The molecule has 6 nitrogen and oxygen atoms in total. The third-order valence-corrected chi connectivity index (χ3v) is 6.80. The van der Waals surface area contributed by atoms with Gasteiger partial charge >= 0.3 is 0 Å². The number of nitrogens with zero attached hydrogens (tertiary/aromatic N) is 1. The largest absolute Gasteiger partial charge is 0.312 e. The summed E-state index contributed by atoms with van der Waals surface area (Å²) in [4.78, 5) is 1.00. The zero-order chi connectivity index (χ0) is 16.1. The van der Waals surface area contributed by atoms with E-state index in [0.717, 1.165) is 28.4 Å². The second kappa shape index (κ2) is 7.68. The van der Waals surface area contributed by atoms with Gasteiger partial charge in [-0.25, -0.2) is 16.8 Å². The third-order valence-electron chi connectivity index (χ3n) is 2.88. The van der Waals surface area contributed by atoms with Crippen molar-refractivity contribution in [2.75, 3.05) is 32.1 Å². The molecule has 1 N–H and O–H groups in total. The molecule has 0 aliphatic heterocycles. The van der Waals surface area contributed by atoms with Crippen molar-refractivity contribution in [2.45, 2.75) is 24.8 Å². The summed E-state index contributed by atoms with van der Waals surface area (Å²) >= 11 is 1.38. The van der Waals surface area contributed by atoms with Gasteiger partial charge in [-0.3, -0.25) is 0 Å². The molecule has 0 unspecified atom stereocenters. The van der Waals surface area contributed by atoms with Gasteiger partial charge in [-0.2, -0.15) is 4.31 Å². The zero-order valence-electron chi connectivity index (χ0n) is 12.5. The Bertz CT molecular complexity index is 650. The molecule has 0 bridgehead atoms. The van der Waals surface area contributed by atoms with Crippen molar-refractivity contribution in [1.29, 1.82) is 0 Å². The lowest BCUT2D eigenvalue weighted by Gasteiger charge is -2.17. The quantitative estimate of drug-likeness (QED) is 0.667. The highest BCUT2D eigenvalue weighted by Crippen LogP contribution is 2.24. The van der Waals surface area contributed by atoms with Crippen LogP contribution in [0.25, 0.3) is 0 Å². The Morgan fingerprint density at radius 2 is 1.95 bits per heavy atom. The molecule has 0 aromatic carbocycles. The highest BCUT2D eigenvalue weighted by molar-refractivity contribution is 7.91. The van der Waals surface area contributed by atoms with E-state index in [1.807, 2.05) is 6.92 Å². The number of sulfonamides is 1. The van der Waals surface area contributed by atoms with Gasteiger partial charge in [0.05, 0.1) is 10.6 Å². The molecule has 0 amide bonds. The van der Waals surface area contributed by atoms with Crippen LogP contribution < -0.4 is 5.32 Å². The van der Waals surface area contributed by atoms with Crippen molar-refractivity contribution in [3.8, 4) is 0 Å². The summed E-state index contributed by atoms with van der Waals surface area (Å²) in [6.45, 7) is 3.32. The van der Waals surface area contributed by atoms with E-state index < -0.39 is 19.9 Å². The summed E-state index contributed by atoms with van der Waals surface area (Å²) in [7, 11) is -5.43. The molecule has 122 valence electrons. The number of thiophene rings is 1. The van der Waals surface area contributed by atoms with E-state index in [2.05, 4.69) is 5.32 Å². The predicted molar refractivity (Wildman–Crippen MR) is 85.8 cm³/mol. The first-order valence-corrected chi connectivity index (χ1v) is 11.0. The molecule has 0 radical (unpaired) electrons. The van der Waals surface area contributed by atoms with Crippen LogP contribution in [0, 0.1) is 0 Å². The summed E-state index contributed by atoms with van der Waals surface area (Å²) in [5.41, 5.74) is 0. The van der Waals surface area contributed by atoms with E-state index in [-0.39, 0.29) is 17.2 Å². The van der Waals surface area contributed by atoms with Crippen molar-refractivity contribution in [2.24, 2.45) is 0 Å².